The van der Waals surface area contributed by atoms with E-state index in [1.807, 2.05) is 0 Å². The zero-order valence-electron chi connectivity index (χ0n) is 19.5. The van der Waals surface area contributed by atoms with Gasteiger partial charge in [0.2, 0.25) is 0 Å². The number of hydrogen-bond donors (Lipinski definition) is 2. The number of rotatable bonds is 8. The minimum absolute atomic E-state index is 0.178. The van der Waals surface area contributed by atoms with Crippen molar-refractivity contribution in [2.24, 2.45) is 5.10 Å². The quantitative estimate of drug-likeness (QED) is 0.142. The van der Waals surface area contributed by atoms with Crippen molar-refractivity contribution < 1.29 is 33.3 Å². The van der Waals surface area contributed by atoms with Crippen LogP contribution < -0.4 is 29.7 Å². The number of hydrogen-bond acceptors (Lipinski definition) is 8. The van der Waals surface area contributed by atoms with Gasteiger partial charge in [0.15, 0.2) is 11.5 Å². The highest BCUT2D eigenvalue weighted by Crippen LogP contribution is 2.29. The van der Waals surface area contributed by atoms with Crippen LogP contribution in [0.1, 0.15) is 15.9 Å². The normalized spacial score (nSPS) is 10.4. The molecule has 0 bridgehead atoms. The predicted octanol–water partition coefficient (Wildman–Crippen LogP) is 3.78. The first-order valence-corrected chi connectivity index (χ1v) is 11.2. The Morgan fingerprint density at radius 1 is 0.833 bits per heavy atom. The van der Waals surface area contributed by atoms with Gasteiger partial charge in [-0.25, -0.2) is 10.2 Å². The van der Waals surface area contributed by atoms with Crippen LogP contribution in [-0.4, -0.2) is 45.3 Å². The van der Waals surface area contributed by atoms with E-state index < -0.39 is 17.8 Å². The Kier molecular flexibility index (Phi) is 9.01. The fourth-order valence-electron chi connectivity index (χ4n) is 2.94. The second-order valence-electron chi connectivity index (χ2n) is 7.03. The van der Waals surface area contributed by atoms with Crippen LogP contribution in [0.2, 0.25) is 0 Å². The van der Waals surface area contributed by atoms with E-state index in [0.29, 0.717) is 33.0 Å². The Balaban J connectivity index is 1.68. The maximum absolute atomic E-state index is 12.7. The molecule has 0 saturated heterocycles. The maximum Gasteiger partial charge on any atom is 0.343 e. The molecule has 11 heteroatoms. The molecule has 0 saturated carbocycles. The lowest BCUT2D eigenvalue weighted by Gasteiger charge is -2.11. The van der Waals surface area contributed by atoms with Gasteiger partial charge in [0.25, 0.3) is 0 Å². The van der Waals surface area contributed by atoms with Gasteiger partial charge in [0.05, 0.1) is 33.1 Å². The van der Waals surface area contributed by atoms with Crippen LogP contribution >= 0.6 is 15.9 Å². The molecule has 0 aromatic heterocycles. The van der Waals surface area contributed by atoms with Gasteiger partial charge in [-0.1, -0.05) is 22.0 Å². The molecular weight excluding hydrogens is 534 g/mol. The van der Waals surface area contributed by atoms with Crippen molar-refractivity contribution in [3.8, 4) is 23.0 Å². The van der Waals surface area contributed by atoms with Crippen molar-refractivity contribution in [3.63, 3.8) is 0 Å². The highest BCUT2D eigenvalue weighted by molar-refractivity contribution is 9.10. The summed E-state index contributed by atoms with van der Waals surface area (Å²) in [5, 5.41) is 6.26. The van der Waals surface area contributed by atoms with Crippen molar-refractivity contribution in [1.29, 1.82) is 0 Å². The number of halogens is 1. The largest absolute Gasteiger partial charge is 0.497 e. The minimum Gasteiger partial charge on any atom is -0.497 e. The van der Waals surface area contributed by atoms with Crippen LogP contribution in [0.15, 0.2) is 70.2 Å². The first-order valence-electron chi connectivity index (χ1n) is 10.4. The van der Waals surface area contributed by atoms with Crippen LogP contribution in [0.3, 0.4) is 0 Å². The molecule has 10 nitrogen and oxygen atoms in total. The monoisotopic (exact) mass is 555 g/mol. The van der Waals surface area contributed by atoms with E-state index in [9.17, 15) is 14.4 Å². The number of ether oxygens (including phenoxy) is 4. The second kappa shape index (κ2) is 12.4. The molecule has 0 spiro atoms. The molecule has 0 aliphatic heterocycles. The van der Waals surface area contributed by atoms with E-state index in [0.717, 1.165) is 0 Å². The van der Waals surface area contributed by atoms with E-state index in [1.54, 1.807) is 48.5 Å². The number of anilines is 1. The van der Waals surface area contributed by atoms with E-state index in [4.69, 9.17) is 18.9 Å². The van der Waals surface area contributed by atoms with Crippen molar-refractivity contribution in [1.82, 2.24) is 5.43 Å². The van der Waals surface area contributed by atoms with Crippen LogP contribution in [0.5, 0.6) is 23.0 Å². The van der Waals surface area contributed by atoms with E-state index in [2.05, 4.69) is 31.8 Å². The lowest BCUT2D eigenvalue weighted by molar-refractivity contribution is -0.136. The average molecular weight is 556 g/mol. The minimum atomic E-state index is -0.993. The highest BCUT2D eigenvalue weighted by Gasteiger charge is 2.16. The molecule has 36 heavy (non-hydrogen) atoms. The molecule has 0 atom stereocenters. The van der Waals surface area contributed by atoms with Crippen LogP contribution in [-0.2, 0) is 9.59 Å². The number of methoxy groups -OCH3 is 3. The van der Waals surface area contributed by atoms with E-state index >= 15 is 0 Å². The number of benzene rings is 3. The Morgan fingerprint density at radius 2 is 1.58 bits per heavy atom. The van der Waals surface area contributed by atoms with Gasteiger partial charge in [-0.05, 0) is 48.5 Å². The summed E-state index contributed by atoms with van der Waals surface area (Å²) >= 11 is 3.34. The lowest BCUT2D eigenvalue weighted by atomic mass is 10.2. The molecule has 0 aliphatic rings. The molecule has 2 amide bonds. The number of nitrogens with zero attached hydrogens (tertiary/aromatic N) is 1. The van der Waals surface area contributed by atoms with Crippen LogP contribution in [0.25, 0.3) is 0 Å². The van der Waals surface area contributed by atoms with Crippen molar-refractivity contribution in [2.45, 2.75) is 0 Å². The first-order chi connectivity index (χ1) is 17.3. The summed E-state index contributed by atoms with van der Waals surface area (Å²) in [6.45, 7) is 0. The van der Waals surface area contributed by atoms with E-state index in [-0.39, 0.29) is 11.3 Å². The highest BCUT2D eigenvalue weighted by atomic mass is 79.9. The molecule has 0 fully saturated rings. The Bertz CT molecular complexity index is 1310. The van der Waals surface area contributed by atoms with Gasteiger partial charge in [-0.2, -0.15) is 5.10 Å². The molecule has 3 rings (SSSR count). The fourth-order valence-corrected chi connectivity index (χ4v) is 3.31. The van der Waals surface area contributed by atoms with Gasteiger partial charge in [0, 0.05) is 21.8 Å². The summed E-state index contributed by atoms with van der Waals surface area (Å²) in [6.07, 6.45) is 1.25. The third kappa shape index (κ3) is 6.83. The SMILES string of the molecule is COc1cccc(NC(=O)C(=O)N/N=C/c2cc(Br)ccc2OC(=O)c2ccc(OC)c(OC)c2)c1. The third-order valence-corrected chi connectivity index (χ3v) is 5.19. The van der Waals surface area contributed by atoms with Gasteiger partial charge in [-0.15, -0.1) is 0 Å². The molecule has 0 unspecified atom stereocenters. The zero-order valence-corrected chi connectivity index (χ0v) is 21.1. The lowest BCUT2D eigenvalue weighted by Crippen LogP contribution is -2.32. The topological polar surface area (TPSA) is 125 Å². The number of hydrazone groups is 1. The summed E-state index contributed by atoms with van der Waals surface area (Å²) in [5.74, 6) is -1.01. The number of nitrogens with one attached hydrogen (secondary N) is 2. The smallest absolute Gasteiger partial charge is 0.343 e. The molecule has 0 radical (unpaired) electrons. The summed E-state index contributed by atoms with van der Waals surface area (Å²) in [5.41, 5.74) is 3.13. The fraction of sp³-hybridized carbons (Fsp3) is 0.120. The summed E-state index contributed by atoms with van der Waals surface area (Å²) < 4.78 is 21.7. The van der Waals surface area contributed by atoms with Gasteiger partial charge < -0.3 is 24.3 Å². The molecule has 2 N–H and O–H groups in total. The van der Waals surface area contributed by atoms with Crippen LogP contribution in [0, 0.1) is 0 Å². The second-order valence-corrected chi connectivity index (χ2v) is 7.94. The molecule has 0 aliphatic carbocycles. The Hall–Kier alpha value is -4.38. The summed E-state index contributed by atoms with van der Waals surface area (Å²) in [4.78, 5) is 37.0. The average Bonchev–Trinajstić information content (AvgIpc) is 2.89. The molecule has 0 heterocycles. The van der Waals surface area contributed by atoms with E-state index in [1.165, 1.54) is 39.7 Å². The zero-order chi connectivity index (χ0) is 26.1. The maximum atomic E-state index is 12.7. The third-order valence-electron chi connectivity index (χ3n) is 4.70. The van der Waals surface area contributed by atoms with Gasteiger partial charge in [0.1, 0.15) is 11.5 Å². The molecular formula is C25H22BrN3O7. The predicted molar refractivity (Wildman–Crippen MR) is 136 cm³/mol. The first kappa shape index (κ1) is 26.2. The standard InChI is InChI=1S/C25H22BrN3O7/c1-33-19-6-4-5-18(13-19)28-23(30)24(31)29-27-14-16-11-17(26)8-10-20(16)36-25(32)15-7-9-21(34-2)22(12-15)35-3/h4-14H,1-3H3,(H,28,30)(H,29,31)/b27-14+. The number of carbonyl (C=O) groups is 3. The molecule has 186 valence electrons. The Labute approximate surface area is 215 Å². The summed E-state index contributed by atoms with van der Waals surface area (Å²) in [6, 6.07) is 16.0. The number of esters is 1. The van der Waals surface area contributed by atoms with Gasteiger partial charge >= 0.3 is 17.8 Å². The van der Waals surface area contributed by atoms with Gasteiger partial charge in [-0.3, -0.25) is 9.59 Å². The van der Waals surface area contributed by atoms with Crippen molar-refractivity contribution in [3.05, 3.63) is 76.3 Å². The summed E-state index contributed by atoms with van der Waals surface area (Å²) in [7, 11) is 4.44. The number of amides is 2. The van der Waals surface area contributed by atoms with Crippen LogP contribution in [0.4, 0.5) is 5.69 Å². The van der Waals surface area contributed by atoms with Crippen molar-refractivity contribution >= 4 is 45.6 Å². The number of carbonyl (C=O) groups excluding carboxylic acids is 3. The van der Waals surface area contributed by atoms with Crippen molar-refractivity contribution in [2.75, 3.05) is 26.6 Å². The molecule has 3 aromatic carbocycles. The Morgan fingerprint density at radius 3 is 2.31 bits per heavy atom. The molecule has 3 aromatic rings.